The Labute approximate surface area is 170 Å². The molecule has 0 N–H and O–H groups in total. The van der Waals surface area contributed by atoms with Gasteiger partial charge in [-0.1, -0.05) is 0 Å². The van der Waals surface area contributed by atoms with E-state index in [2.05, 4.69) is 0 Å². The normalized spacial score (nSPS) is 12.3. The monoisotopic (exact) mass is 584 g/mol. The summed E-state index contributed by atoms with van der Waals surface area (Å²) in [6, 6.07) is 5.61. The van der Waals surface area contributed by atoms with Crippen LogP contribution in [0.15, 0.2) is 34.1 Å². The Balaban J connectivity index is 2.52. The van der Waals surface area contributed by atoms with E-state index in [1.165, 1.54) is 19.9 Å². The first-order valence-electron chi connectivity index (χ1n) is 7.79. The van der Waals surface area contributed by atoms with Crippen molar-refractivity contribution in [3.05, 3.63) is 52.1 Å². The average molecular weight is 583 g/mol. The van der Waals surface area contributed by atoms with Crippen LogP contribution in [0.25, 0.3) is 0 Å². The first kappa shape index (κ1) is 21.3. The van der Waals surface area contributed by atoms with Crippen molar-refractivity contribution in [2.45, 2.75) is 41.4 Å². The molecule has 0 radical (unpaired) electrons. The molecule has 2 aromatic carbocycles. The molecule has 0 saturated carbocycles. The maximum atomic E-state index is 12.7. The zero-order valence-electron chi connectivity index (χ0n) is 15.0. The fraction of sp³-hybridized carbons (Fsp3) is 0.294. The third-order valence-electron chi connectivity index (χ3n) is 4.54. The molecule has 0 atom stereocenters. The molecule has 2 aromatic rings. The van der Waals surface area contributed by atoms with E-state index in [0.29, 0.717) is 37.2 Å². The van der Waals surface area contributed by atoms with Crippen molar-refractivity contribution in [1.29, 1.82) is 0 Å². The predicted octanol–water partition coefficient (Wildman–Crippen LogP) is 2.64. The summed E-state index contributed by atoms with van der Waals surface area (Å²) >= 11 is 0.574. The van der Waals surface area contributed by atoms with Gasteiger partial charge in [-0.05, 0) is 0 Å². The van der Waals surface area contributed by atoms with Gasteiger partial charge in [-0.25, -0.2) is 8.42 Å². The van der Waals surface area contributed by atoms with Crippen LogP contribution in [0.3, 0.4) is 0 Å². The van der Waals surface area contributed by atoms with E-state index in [4.69, 9.17) is 4.18 Å². The van der Waals surface area contributed by atoms with Crippen LogP contribution in [0.1, 0.15) is 27.8 Å². The Morgan fingerprint density at radius 3 is 1.92 bits per heavy atom. The summed E-state index contributed by atoms with van der Waals surface area (Å²) in [6.07, 6.45) is 0. The molecule has 0 heterocycles. The van der Waals surface area contributed by atoms with E-state index >= 15 is 0 Å². The van der Waals surface area contributed by atoms with Gasteiger partial charge in [-0.3, -0.25) is 0 Å². The molecule has 9 heteroatoms. The molecule has 2 rings (SSSR count). The van der Waals surface area contributed by atoms with Gasteiger partial charge in [0, 0.05) is 0 Å². The summed E-state index contributed by atoms with van der Waals surface area (Å²) in [7, 11) is -8.73. The Morgan fingerprint density at radius 2 is 1.38 bits per heavy atom. The van der Waals surface area contributed by atoms with Gasteiger partial charge < -0.3 is 4.55 Å². The number of hydrogen-bond donors (Lipinski definition) is 0. The van der Waals surface area contributed by atoms with Crippen molar-refractivity contribution in [3.8, 4) is 5.75 Å². The SMILES string of the molecule is Cc1c([CH2][Hg+])ccc(S(=O)(=O)Oc2ccc(S(=O)(=O)[O-])c(C)c2C)c1C. The topological polar surface area (TPSA) is 101 Å². The minimum atomic E-state index is -4.64. The Hall–Kier alpha value is -0.965. The van der Waals surface area contributed by atoms with Crippen molar-refractivity contribution in [2.24, 2.45) is 0 Å². The van der Waals surface area contributed by atoms with Crippen LogP contribution in [-0.2, 0) is 50.3 Å². The first-order chi connectivity index (χ1) is 11.9. The summed E-state index contributed by atoms with van der Waals surface area (Å²) in [5.74, 6) is 0.00175. The van der Waals surface area contributed by atoms with Crippen LogP contribution in [-0.4, -0.2) is 21.4 Å². The van der Waals surface area contributed by atoms with Gasteiger partial charge in [0.15, 0.2) is 0 Å². The van der Waals surface area contributed by atoms with Gasteiger partial charge >= 0.3 is 158 Å². The fourth-order valence-electron chi connectivity index (χ4n) is 2.69. The van der Waals surface area contributed by atoms with Gasteiger partial charge in [0.25, 0.3) is 0 Å². The summed E-state index contributed by atoms with van der Waals surface area (Å²) in [6.45, 7) is 6.58. The van der Waals surface area contributed by atoms with Gasteiger partial charge in [0.2, 0.25) is 0 Å². The molecular weight excluding hydrogens is 565 g/mol. The van der Waals surface area contributed by atoms with E-state index in [1.54, 1.807) is 19.1 Å². The second kappa shape index (κ2) is 7.57. The zero-order chi connectivity index (χ0) is 19.9. The van der Waals surface area contributed by atoms with Crippen molar-refractivity contribution >= 4 is 20.2 Å². The molecule has 0 aliphatic carbocycles. The summed E-state index contributed by atoms with van der Waals surface area (Å²) in [5, 5.41) is 0. The van der Waals surface area contributed by atoms with E-state index in [0.717, 1.165) is 21.1 Å². The number of benzene rings is 2. The number of rotatable bonds is 5. The fourth-order valence-corrected chi connectivity index (χ4v) is 6.83. The Kier molecular flexibility index (Phi) is 6.22. The standard InChI is InChI=1S/C17H19O6S2.Hg/c1-10-6-8-17(13(4)11(10)2)25(21,22)23-15-7-9-16(24(18,19)20)14(5)12(15)3;/h6-9H,1H2,2-5H3,(H,18,19,20);/q;+1/p-1. The minimum absolute atomic E-state index is 0.00175. The molecule has 6 nitrogen and oxygen atoms in total. The summed E-state index contributed by atoms with van der Waals surface area (Å²) in [5.41, 5.74) is 3.18. The van der Waals surface area contributed by atoms with E-state index in [1.807, 2.05) is 6.92 Å². The molecule has 0 fully saturated rings. The van der Waals surface area contributed by atoms with Gasteiger partial charge in [0.1, 0.15) is 0 Å². The molecular formula is C17H18HgO6S2. The van der Waals surface area contributed by atoms with Crippen LogP contribution in [0.5, 0.6) is 5.75 Å². The molecule has 0 aromatic heterocycles. The molecule has 0 bridgehead atoms. The van der Waals surface area contributed by atoms with E-state index < -0.39 is 20.2 Å². The van der Waals surface area contributed by atoms with E-state index in [-0.39, 0.29) is 21.1 Å². The molecule has 0 unspecified atom stereocenters. The van der Waals surface area contributed by atoms with Gasteiger partial charge in [0.05, 0.1) is 0 Å². The molecule has 0 aliphatic rings. The predicted molar refractivity (Wildman–Crippen MR) is 91.3 cm³/mol. The zero-order valence-corrected chi connectivity index (χ0v) is 22.1. The van der Waals surface area contributed by atoms with Crippen LogP contribution >= 0.6 is 0 Å². The van der Waals surface area contributed by atoms with Crippen molar-refractivity contribution < 1.29 is 51.7 Å². The summed E-state index contributed by atoms with van der Waals surface area (Å²) in [4.78, 5) is -0.303. The quantitative estimate of drug-likeness (QED) is 0.305. The second-order valence-electron chi connectivity index (χ2n) is 6.03. The molecule has 0 saturated heterocycles. The van der Waals surface area contributed by atoms with Crippen molar-refractivity contribution in [2.75, 3.05) is 0 Å². The maximum absolute atomic E-state index is 12.7. The first-order valence-corrected chi connectivity index (χ1v) is 14.5. The molecule has 0 spiro atoms. The third kappa shape index (κ3) is 4.13. The Bertz CT molecular complexity index is 1070. The molecule has 0 aliphatic heterocycles. The second-order valence-corrected chi connectivity index (χ2v) is 10.8. The number of hydrogen-bond acceptors (Lipinski definition) is 6. The van der Waals surface area contributed by atoms with Crippen molar-refractivity contribution in [3.63, 3.8) is 0 Å². The third-order valence-corrected chi connectivity index (χ3v) is 9.00. The Morgan fingerprint density at radius 1 is 0.846 bits per heavy atom. The van der Waals surface area contributed by atoms with Crippen molar-refractivity contribution in [1.82, 2.24) is 0 Å². The molecule has 26 heavy (non-hydrogen) atoms. The van der Waals surface area contributed by atoms with Crippen LogP contribution < -0.4 is 4.18 Å². The van der Waals surface area contributed by atoms with Crippen LogP contribution in [0.2, 0.25) is 0 Å². The van der Waals surface area contributed by atoms with Crippen LogP contribution in [0, 0.1) is 27.7 Å². The summed E-state index contributed by atoms with van der Waals surface area (Å²) < 4.78 is 65.5. The van der Waals surface area contributed by atoms with E-state index in [9.17, 15) is 21.4 Å². The van der Waals surface area contributed by atoms with Gasteiger partial charge in [-0.2, -0.15) is 0 Å². The van der Waals surface area contributed by atoms with Gasteiger partial charge in [-0.15, -0.1) is 0 Å². The average Bonchev–Trinajstić information content (AvgIpc) is 2.52. The van der Waals surface area contributed by atoms with Crippen LogP contribution in [0.4, 0.5) is 0 Å². The molecule has 136 valence electrons. The molecule has 0 amide bonds.